The summed E-state index contributed by atoms with van der Waals surface area (Å²) in [5.74, 6) is 0. The van der Waals surface area contributed by atoms with Crippen LogP contribution in [0.4, 0.5) is 0 Å². The zero-order valence-corrected chi connectivity index (χ0v) is 10.2. The summed E-state index contributed by atoms with van der Waals surface area (Å²) < 4.78 is 0. The zero-order valence-electron chi connectivity index (χ0n) is 9.42. The molecule has 16 heavy (non-hydrogen) atoms. The molecule has 0 radical (unpaired) electrons. The van der Waals surface area contributed by atoms with E-state index in [2.05, 4.69) is 9.97 Å². The summed E-state index contributed by atoms with van der Waals surface area (Å²) in [6.07, 6.45) is 2.98. The van der Waals surface area contributed by atoms with Crippen molar-refractivity contribution in [3.8, 4) is 0 Å². The SMILES string of the molecule is CCC(O)(CC)c1cc2c(Cl)ccnc2[nH]1. The lowest BCUT2D eigenvalue weighted by molar-refractivity contribution is 0.0247. The molecular formula is C12H15ClN2O. The topological polar surface area (TPSA) is 48.9 Å². The lowest BCUT2D eigenvalue weighted by atomic mass is 9.93. The molecule has 2 heterocycles. The van der Waals surface area contributed by atoms with Gasteiger partial charge in [0.25, 0.3) is 0 Å². The molecule has 0 aliphatic rings. The summed E-state index contributed by atoms with van der Waals surface area (Å²) in [6.45, 7) is 3.92. The van der Waals surface area contributed by atoms with Crippen LogP contribution in [-0.2, 0) is 5.60 Å². The van der Waals surface area contributed by atoms with Crippen LogP contribution in [0.1, 0.15) is 32.4 Å². The summed E-state index contributed by atoms with van der Waals surface area (Å²) in [4.78, 5) is 7.33. The quantitative estimate of drug-likeness (QED) is 0.863. The maximum Gasteiger partial charge on any atom is 0.139 e. The van der Waals surface area contributed by atoms with Crippen LogP contribution in [0, 0.1) is 0 Å². The van der Waals surface area contributed by atoms with Crippen molar-refractivity contribution in [3.05, 3.63) is 29.0 Å². The zero-order chi connectivity index (χ0) is 11.8. The van der Waals surface area contributed by atoms with Crippen molar-refractivity contribution in [2.45, 2.75) is 32.3 Å². The molecule has 0 aliphatic carbocycles. The molecule has 2 aromatic heterocycles. The van der Waals surface area contributed by atoms with Gasteiger partial charge in [0.15, 0.2) is 0 Å². The van der Waals surface area contributed by atoms with E-state index >= 15 is 0 Å². The third-order valence-corrected chi connectivity index (χ3v) is 3.48. The predicted molar refractivity (Wildman–Crippen MR) is 65.6 cm³/mol. The lowest BCUT2D eigenvalue weighted by Crippen LogP contribution is -2.23. The second-order valence-corrected chi connectivity index (χ2v) is 4.38. The molecule has 0 fully saturated rings. The van der Waals surface area contributed by atoms with E-state index in [1.54, 1.807) is 12.3 Å². The van der Waals surface area contributed by atoms with Crippen LogP contribution in [-0.4, -0.2) is 15.1 Å². The first-order chi connectivity index (χ1) is 7.60. The molecule has 0 saturated heterocycles. The first kappa shape index (κ1) is 11.4. The van der Waals surface area contributed by atoms with Crippen LogP contribution in [0.15, 0.2) is 18.3 Å². The minimum atomic E-state index is -0.815. The van der Waals surface area contributed by atoms with Gasteiger partial charge in [0.1, 0.15) is 11.2 Å². The van der Waals surface area contributed by atoms with Crippen LogP contribution in [0.5, 0.6) is 0 Å². The second kappa shape index (κ2) is 4.07. The van der Waals surface area contributed by atoms with E-state index in [1.807, 2.05) is 19.9 Å². The molecule has 2 aromatic rings. The number of nitrogens with one attached hydrogen (secondary N) is 1. The van der Waals surface area contributed by atoms with Gasteiger partial charge in [0, 0.05) is 17.3 Å². The Morgan fingerprint density at radius 1 is 1.44 bits per heavy atom. The molecule has 0 bridgehead atoms. The van der Waals surface area contributed by atoms with Gasteiger partial charge in [0.05, 0.1) is 5.02 Å². The van der Waals surface area contributed by atoms with Crippen LogP contribution < -0.4 is 0 Å². The fourth-order valence-electron chi connectivity index (χ4n) is 1.88. The molecule has 0 spiro atoms. The van der Waals surface area contributed by atoms with Gasteiger partial charge >= 0.3 is 0 Å². The van der Waals surface area contributed by atoms with E-state index in [1.165, 1.54) is 0 Å². The third-order valence-electron chi connectivity index (χ3n) is 3.15. The van der Waals surface area contributed by atoms with Gasteiger partial charge in [-0.25, -0.2) is 4.98 Å². The van der Waals surface area contributed by atoms with Crippen molar-refractivity contribution in [2.75, 3.05) is 0 Å². The maximum atomic E-state index is 10.4. The standard InChI is InChI=1S/C12H15ClN2O/c1-3-12(16,4-2)10-7-8-9(13)5-6-14-11(8)15-10/h5-7,16H,3-4H2,1-2H3,(H,14,15). The molecule has 86 valence electrons. The second-order valence-electron chi connectivity index (χ2n) is 3.98. The summed E-state index contributed by atoms with van der Waals surface area (Å²) >= 11 is 6.07. The average molecular weight is 239 g/mol. The average Bonchev–Trinajstić information content (AvgIpc) is 2.74. The number of fused-ring (bicyclic) bond motifs is 1. The minimum Gasteiger partial charge on any atom is -0.384 e. The molecule has 0 unspecified atom stereocenters. The van der Waals surface area contributed by atoms with E-state index in [0.29, 0.717) is 17.9 Å². The molecule has 0 aliphatic heterocycles. The molecule has 3 nitrogen and oxygen atoms in total. The van der Waals surface area contributed by atoms with E-state index in [4.69, 9.17) is 11.6 Å². The molecule has 4 heteroatoms. The van der Waals surface area contributed by atoms with E-state index in [0.717, 1.165) is 16.7 Å². The molecule has 0 saturated carbocycles. The highest BCUT2D eigenvalue weighted by Gasteiger charge is 2.27. The summed E-state index contributed by atoms with van der Waals surface area (Å²) in [7, 11) is 0. The Morgan fingerprint density at radius 2 is 2.12 bits per heavy atom. The Bertz CT molecular complexity index is 503. The monoisotopic (exact) mass is 238 g/mol. The van der Waals surface area contributed by atoms with Gasteiger partial charge in [-0.3, -0.25) is 0 Å². The van der Waals surface area contributed by atoms with Crippen molar-refractivity contribution in [2.24, 2.45) is 0 Å². The number of nitrogens with zero attached hydrogens (tertiary/aromatic N) is 1. The van der Waals surface area contributed by atoms with E-state index in [9.17, 15) is 5.11 Å². The van der Waals surface area contributed by atoms with Crippen molar-refractivity contribution in [1.29, 1.82) is 0 Å². The number of hydrogen-bond acceptors (Lipinski definition) is 2. The van der Waals surface area contributed by atoms with Crippen LogP contribution in [0.25, 0.3) is 11.0 Å². The third kappa shape index (κ3) is 1.70. The van der Waals surface area contributed by atoms with Gasteiger partial charge in [-0.1, -0.05) is 25.4 Å². The molecular weight excluding hydrogens is 224 g/mol. The predicted octanol–water partition coefficient (Wildman–Crippen LogP) is 3.22. The summed E-state index contributed by atoms with van der Waals surface area (Å²) in [5.41, 5.74) is 0.695. The first-order valence-electron chi connectivity index (χ1n) is 5.47. The Morgan fingerprint density at radius 3 is 2.69 bits per heavy atom. The Balaban J connectivity index is 2.59. The van der Waals surface area contributed by atoms with Crippen molar-refractivity contribution < 1.29 is 5.11 Å². The normalized spacial score (nSPS) is 12.2. The molecule has 0 aromatic carbocycles. The largest absolute Gasteiger partial charge is 0.384 e. The van der Waals surface area contributed by atoms with Gasteiger partial charge < -0.3 is 10.1 Å². The fourth-order valence-corrected chi connectivity index (χ4v) is 2.08. The highest BCUT2D eigenvalue weighted by molar-refractivity contribution is 6.35. The van der Waals surface area contributed by atoms with Crippen LogP contribution in [0.2, 0.25) is 5.02 Å². The number of aliphatic hydroxyl groups is 1. The molecule has 0 atom stereocenters. The van der Waals surface area contributed by atoms with Crippen molar-refractivity contribution in [1.82, 2.24) is 9.97 Å². The highest BCUT2D eigenvalue weighted by Crippen LogP contribution is 2.31. The van der Waals surface area contributed by atoms with Gasteiger partial charge in [-0.15, -0.1) is 0 Å². The Kier molecular flexibility index (Phi) is 2.91. The smallest absolute Gasteiger partial charge is 0.139 e. The summed E-state index contributed by atoms with van der Waals surface area (Å²) in [5, 5.41) is 11.9. The first-order valence-corrected chi connectivity index (χ1v) is 5.84. The molecule has 2 N–H and O–H groups in total. The van der Waals surface area contributed by atoms with Gasteiger partial charge in [-0.05, 0) is 25.0 Å². The Hall–Kier alpha value is -1.06. The molecule has 2 rings (SSSR count). The number of hydrogen-bond donors (Lipinski definition) is 2. The van der Waals surface area contributed by atoms with Crippen LogP contribution in [0.3, 0.4) is 0 Å². The van der Waals surface area contributed by atoms with Crippen molar-refractivity contribution >= 4 is 22.6 Å². The van der Waals surface area contributed by atoms with E-state index in [-0.39, 0.29) is 0 Å². The molecule has 0 amide bonds. The summed E-state index contributed by atoms with van der Waals surface area (Å²) in [6, 6.07) is 3.64. The number of halogens is 1. The lowest BCUT2D eigenvalue weighted by Gasteiger charge is -2.23. The number of rotatable bonds is 3. The highest BCUT2D eigenvalue weighted by atomic mass is 35.5. The number of aromatic nitrogens is 2. The number of pyridine rings is 1. The fraction of sp³-hybridized carbons (Fsp3) is 0.417. The van der Waals surface area contributed by atoms with Crippen LogP contribution >= 0.6 is 11.6 Å². The number of aromatic amines is 1. The minimum absolute atomic E-state index is 0.655. The van der Waals surface area contributed by atoms with E-state index < -0.39 is 5.60 Å². The van der Waals surface area contributed by atoms with Gasteiger partial charge in [0.2, 0.25) is 0 Å². The van der Waals surface area contributed by atoms with Crippen molar-refractivity contribution in [3.63, 3.8) is 0 Å². The van der Waals surface area contributed by atoms with Gasteiger partial charge in [-0.2, -0.15) is 0 Å². The maximum absolute atomic E-state index is 10.4. The Labute approximate surface area is 99.5 Å². The number of H-pyrrole nitrogens is 1.